The minimum atomic E-state index is -2.79. The number of halogens is 2. The number of amides is 2. The van der Waals surface area contributed by atoms with Gasteiger partial charge in [-0.15, -0.1) is 0 Å². The normalized spacial score (nSPS) is 33.3. The Hall–Kier alpha value is -3.01. The van der Waals surface area contributed by atoms with Crippen molar-refractivity contribution >= 4 is 19.1 Å². The van der Waals surface area contributed by atoms with E-state index in [1.54, 1.807) is 25.7 Å². The van der Waals surface area contributed by atoms with E-state index in [1.165, 1.54) is 11.0 Å². The van der Waals surface area contributed by atoms with Crippen LogP contribution in [0.1, 0.15) is 79.2 Å². The van der Waals surface area contributed by atoms with Crippen LogP contribution in [0.2, 0.25) is 0 Å². The van der Waals surface area contributed by atoms with Crippen molar-refractivity contribution in [1.29, 1.82) is 5.26 Å². The Morgan fingerprint density at radius 2 is 1.88 bits per heavy atom. The van der Waals surface area contributed by atoms with Crippen molar-refractivity contribution in [2.24, 2.45) is 17.3 Å². The third-order valence-corrected chi connectivity index (χ3v) is 12.0. The largest absolute Gasteiger partial charge is 0.482 e. The van der Waals surface area contributed by atoms with Crippen molar-refractivity contribution in [1.82, 2.24) is 15.1 Å². The summed E-state index contributed by atoms with van der Waals surface area (Å²) in [5.74, 6) is -2.84. The van der Waals surface area contributed by atoms with Gasteiger partial charge in [0.1, 0.15) is 17.2 Å². The molecule has 6 fully saturated rings. The molecule has 3 aliphatic carbocycles. The van der Waals surface area contributed by atoms with Gasteiger partial charge in [0.05, 0.1) is 30.7 Å². The van der Waals surface area contributed by atoms with E-state index in [9.17, 15) is 23.6 Å². The lowest BCUT2D eigenvalue weighted by molar-refractivity contribution is -0.199. The average Bonchev–Trinajstić information content (AvgIpc) is 3.58. The molecular weight excluding hydrogens is 617 g/mol. The zero-order valence-corrected chi connectivity index (χ0v) is 29.1. The fraction of sp³-hybridized carbons (Fsp3) is 0.694. The molecule has 2 amide bonds. The van der Waals surface area contributed by atoms with Crippen molar-refractivity contribution in [2.75, 3.05) is 26.2 Å². The van der Waals surface area contributed by atoms with Crippen molar-refractivity contribution in [3.05, 3.63) is 47.5 Å². The zero-order chi connectivity index (χ0) is 34.7. The van der Waals surface area contributed by atoms with Gasteiger partial charge >= 0.3 is 13.2 Å². The fourth-order valence-corrected chi connectivity index (χ4v) is 9.01. The average molecular weight is 667 g/mol. The maximum absolute atomic E-state index is 13.9. The lowest BCUT2D eigenvalue weighted by Crippen LogP contribution is -2.65. The number of ether oxygens (including phenoxy) is 1. The summed E-state index contributed by atoms with van der Waals surface area (Å²) in [7, 11) is -0.651. The van der Waals surface area contributed by atoms with E-state index >= 15 is 0 Å². The van der Waals surface area contributed by atoms with Crippen molar-refractivity contribution in [3.8, 4) is 6.07 Å². The van der Waals surface area contributed by atoms with E-state index in [0.29, 0.717) is 37.6 Å². The quantitative estimate of drug-likeness (QED) is 0.221. The fourth-order valence-electron chi connectivity index (χ4n) is 9.01. The smallest absolute Gasteiger partial charge is 0.441 e. The summed E-state index contributed by atoms with van der Waals surface area (Å²) in [6.45, 7) is 12.3. The third kappa shape index (κ3) is 6.62. The molecule has 1 aromatic carbocycles. The highest BCUT2D eigenvalue weighted by Gasteiger charge is 2.68. The molecular formula is C36H49BF2N4O5. The predicted octanol–water partition coefficient (Wildman–Crippen LogP) is 5.54. The molecule has 3 aliphatic heterocycles. The first-order valence-electron chi connectivity index (χ1n) is 17.4. The van der Waals surface area contributed by atoms with E-state index in [4.69, 9.17) is 14.0 Å². The number of nitrogens with zero attached hydrogens (tertiary/aromatic N) is 3. The van der Waals surface area contributed by atoms with Crippen LogP contribution in [0.5, 0.6) is 0 Å². The lowest BCUT2D eigenvalue weighted by atomic mass is 9.43. The molecule has 1 aromatic rings. The second-order valence-electron chi connectivity index (χ2n) is 16.3. The maximum atomic E-state index is 13.9. The first-order valence-corrected chi connectivity index (χ1v) is 17.4. The summed E-state index contributed by atoms with van der Waals surface area (Å²) in [4.78, 5) is 30.3. The van der Waals surface area contributed by atoms with Gasteiger partial charge in [-0.25, -0.2) is 13.6 Å². The van der Waals surface area contributed by atoms with E-state index < -0.39 is 54.3 Å². The molecule has 3 saturated carbocycles. The minimum Gasteiger partial charge on any atom is -0.441 e. The summed E-state index contributed by atoms with van der Waals surface area (Å²) < 4.78 is 47.2. The topological polar surface area (TPSA) is 104 Å². The van der Waals surface area contributed by atoms with Crippen LogP contribution in [0.4, 0.5) is 13.6 Å². The first-order chi connectivity index (χ1) is 22.4. The van der Waals surface area contributed by atoms with Gasteiger partial charge in [0, 0.05) is 25.0 Å². The monoisotopic (exact) mass is 666 g/mol. The first kappa shape index (κ1) is 34.8. The van der Waals surface area contributed by atoms with E-state index in [0.717, 1.165) is 18.4 Å². The number of likely N-dealkylation sites (tertiary alicyclic amines) is 2. The molecule has 0 radical (unpaired) electrons. The molecule has 3 saturated heterocycles. The van der Waals surface area contributed by atoms with Crippen LogP contribution in [0.3, 0.4) is 0 Å². The summed E-state index contributed by atoms with van der Waals surface area (Å²) >= 11 is 0. The number of carbonyl (C=O) groups is 2. The number of alkyl halides is 2. The number of hydrogen-bond acceptors (Lipinski definition) is 7. The number of nitriles is 1. The molecule has 3 heterocycles. The van der Waals surface area contributed by atoms with Gasteiger partial charge in [-0.05, 0) is 88.7 Å². The number of piperidine rings is 1. The number of carbonyl (C=O) groups excluding carboxylic acids is 2. The molecule has 6 aliphatic rings. The summed E-state index contributed by atoms with van der Waals surface area (Å²) in [5.41, 5.74) is -1.27. The van der Waals surface area contributed by atoms with Gasteiger partial charge in [-0.1, -0.05) is 44.2 Å². The Morgan fingerprint density at radius 3 is 2.52 bits per heavy atom. The molecule has 6 atom stereocenters. The zero-order valence-electron chi connectivity index (χ0n) is 29.1. The molecule has 9 nitrogen and oxygen atoms in total. The molecule has 2 bridgehead atoms. The SMILES string of the molecule is CC1(OC(=O)N[C@@H](Cc2ccccc2)B2O[C@@H]3C[C@@H]4C[C@@H](C4(C)C)[C@]3(C)O2)CCCN(C(=O)/C(C#N)=C\C(C)(C)N2CCC(F)(F)C2)C1. The molecule has 260 valence electrons. The number of nitrogens with one attached hydrogen (secondary N) is 1. The number of rotatable bonds is 8. The summed E-state index contributed by atoms with van der Waals surface area (Å²) in [5, 5.41) is 13.0. The van der Waals surface area contributed by atoms with Crippen LogP contribution < -0.4 is 5.32 Å². The molecule has 48 heavy (non-hydrogen) atoms. The molecule has 1 unspecified atom stereocenters. The van der Waals surface area contributed by atoms with Crippen LogP contribution in [0.25, 0.3) is 0 Å². The third-order valence-electron chi connectivity index (χ3n) is 12.0. The van der Waals surface area contributed by atoms with Gasteiger partial charge in [0.2, 0.25) is 0 Å². The standard InChI is InChI=1S/C36H49BF2N4O5/c1-32(2,43-16-14-36(38,39)23-43)20-25(21-40)30(44)42-15-10-13-34(5,22-42)46-31(45)41-29(17-24-11-8-7-9-12-24)37-47-28-19-26-18-27(33(26,3)4)35(28,6)48-37/h7-9,11-12,20,26-29H,10,13-19,22-23H2,1-6H3,(H,41,45)/b25-20-/t26-,27-,28+,29-,34?,35-/m0/s1. The summed E-state index contributed by atoms with van der Waals surface area (Å²) in [6.07, 6.45) is 4.19. The van der Waals surface area contributed by atoms with Crippen LogP contribution in [0.15, 0.2) is 42.0 Å². The Kier molecular flexibility index (Phi) is 9.00. The van der Waals surface area contributed by atoms with Gasteiger partial charge in [-0.3, -0.25) is 9.69 Å². The highest BCUT2D eigenvalue weighted by molar-refractivity contribution is 6.48. The van der Waals surface area contributed by atoms with Gasteiger partial charge in [-0.2, -0.15) is 5.26 Å². The lowest BCUT2D eigenvalue weighted by Gasteiger charge is -2.64. The van der Waals surface area contributed by atoms with E-state index in [1.807, 2.05) is 36.4 Å². The molecule has 12 heteroatoms. The molecule has 1 N–H and O–H groups in total. The van der Waals surface area contributed by atoms with Crippen molar-refractivity contribution in [2.45, 2.75) is 115 Å². The van der Waals surface area contributed by atoms with E-state index in [2.05, 4.69) is 26.1 Å². The van der Waals surface area contributed by atoms with Crippen LogP contribution in [-0.2, 0) is 25.3 Å². The van der Waals surface area contributed by atoms with Gasteiger partial charge < -0.3 is 24.3 Å². The Bertz CT molecular complexity index is 1480. The Balaban J connectivity index is 1.13. The van der Waals surface area contributed by atoms with Crippen molar-refractivity contribution in [3.63, 3.8) is 0 Å². The van der Waals surface area contributed by atoms with E-state index in [-0.39, 0.29) is 36.6 Å². The molecule has 0 aromatic heterocycles. The van der Waals surface area contributed by atoms with Crippen molar-refractivity contribution < 1.29 is 32.4 Å². The number of alkyl carbamates (subject to hydrolysis) is 1. The van der Waals surface area contributed by atoms with Crippen LogP contribution >= 0.6 is 0 Å². The summed E-state index contributed by atoms with van der Waals surface area (Å²) in [6, 6.07) is 11.9. The predicted molar refractivity (Wildman–Crippen MR) is 177 cm³/mol. The minimum absolute atomic E-state index is 0.0416. The number of hydrogen-bond donors (Lipinski definition) is 1. The Labute approximate surface area is 283 Å². The Morgan fingerprint density at radius 1 is 1.15 bits per heavy atom. The van der Waals surface area contributed by atoms with Gasteiger partial charge in [0.15, 0.2) is 0 Å². The van der Waals surface area contributed by atoms with Crippen LogP contribution in [0, 0.1) is 28.6 Å². The maximum Gasteiger partial charge on any atom is 0.482 e. The van der Waals surface area contributed by atoms with Gasteiger partial charge in [0.25, 0.3) is 11.8 Å². The molecule has 0 spiro atoms. The number of benzene rings is 1. The second kappa shape index (κ2) is 12.4. The van der Waals surface area contributed by atoms with Crippen LogP contribution in [-0.4, -0.2) is 89.8 Å². The highest BCUT2D eigenvalue weighted by Crippen LogP contribution is 2.65. The second-order valence-corrected chi connectivity index (χ2v) is 16.3. The molecule has 7 rings (SSSR count). The highest BCUT2D eigenvalue weighted by atomic mass is 19.3.